The van der Waals surface area contributed by atoms with Gasteiger partial charge in [-0.1, -0.05) is 0 Å². The molecule has 2 amide bonds. The zero-order chi connectivity index (χ0) is 27.0. The number of carbonyl (C=O) groups is 3. The van der Waals surface area contributed by atoms with Crippen LogP contribution in [0.3, 0.4) is 0 Å². The highest BCUT2D eigenvalue weighted by Gasteiger charge is 2.40. The van der Waals surface area contributed by atoms with Crippen LogP contribution in [-0.2, 0) is 20.9 Å². The number of anilines is 1. The quantitative estimate of drug-likeness (QED) is 0.489. The van der Waals surface area contributed by atoms with E-state index < -0.39 is 29.6 Å². The van der Waals surface area contributed by atoms with Gasteiger partial charge in [-0.3, -0.25) is 19.3 Å². The third-order valence-corrected chi connectivity index (χ3v) is 8.67. The first-order valence-electron chi connectivity index (χ1n) is 13.7. The molecule has 10 nitrogen and oxygen atoms in total. The van der Waals surface area contributed by atoms with E-state index in [1.807, 2.05) is 4.90 Å². The second-order valence-electron chi connectivity index (χ2n) is 11.1. The Bertz CT molecular complexity index is 1060. The Morgan fingerprint density at radius 1 is 1.11 bits per heavy atom. The monoisotopic (exact) mass is 531 g/mol. The maximum absolute atomic E-state index is 15.7. The number of halogens is 1. The number of likely N-dealkylation sites (tertiary alicyclic amines) is 1. The van der Waals surface area contributed by atoms with Crippen LogP contribution < -0.4 is 10.6 Å². The van der Waals surface area contributed by atoms with Crippen molar-refractivity contribution >= 4 is 23.5 Å². The SMILES string of the molecule is CN1CCC(O[C@H]2C[C@H](N3CCN(c4ccc5c(c4F)CN(C(CCC(=O)O)C(N)=O)C5=O)CC3)C2)CC1. The number of benzene rings is 1. The number of hydrogen-bond acceptors (Lipinski definition) is 7. The molecule has 2 saturated heterocycles. The summed E-state index contributed by atoms with van der Waals surface area (Å²) in [5.74, 6) is -2.83. The van der Waals surface area contributed by atoms with Crippen molar-refractivity contribution in [2.24, 2.45) is 5.73 Å². The topological polar surface area (TPSA) is 120 Å². The molecule has 3 heterocycles. The summed E-state index contributed by atoms with van der Waals surface area (Å²) in [5.41, 5.74) is 6.36. The second kappa shape index (κ2) is 11.2. The zero-order valence-corrected chi connectivity index (χ0v) is 22.0. The number of rotatable bonds is 9. The first-order chi connectivity index (χ1) is 18.2. The van der Waals surface area contributed by atoms with E-state index in [0.29, 0.717) is 37.0 Å². The summed E-state index contributed by atoms with van der Waals surface area (Å²) in [5, 5.41) is 8.98. The molecular weight excluding hydrogens is 493 g/mol. The van der Waals surface area contributed by atoms with Crippen LogP contribution in [0.1, 0.15) is 54.4 Å². The molecule has 5 rings (SSSR count). The molecule has 3 aliphatic heterocycles. The maximum atomic E-state index is 15.7. The molecular formula is C27H38FN5O5. The number of carboxylic acid groups (broad SMARTS) is 1. The molecule has 4 aliphatic rings. The number of piperidine rings is 1. The van der Waals surface area contributed by atoms with Gasteiger partial charge in [0.15, 0.2) is 5.82 Å². The van der Waals surface area contributed by atoms with E-state index in [-0.39, 0.29) is 30.5 Å². The smallest absolute Gasteiger partial charge is 0.303 e. The average Bonchev–Trinajstić information content (AvgIpc) is 3.19. The maximum Gasteiger partial charge on any atom is 0.303 e. The molecule has 1 aromatic rings. The summed E-state index contributed by atoms with van der Waals surface area (Å²) < 4.78 is 22.0. The van der Waals surface area contributed by atoms with Crippen molar-refractivity contribution in [1.82, 2.24) is 14.7 Å². The summed E-state index contributed by atoms with van der Waals surface area (Å²) in [6.07, 6.45) is 4.65. The second-order valence-corrected chi connectivity index (χ2v) is 11.1. The first kappa shape index (κ1) is 26.8. The number of nitrogens with two attached hydrogens (primary N) is 1. The molecule has 1 saturated carbocycles. The number of amides is 2. The van der Waals surface area contributed by atoms with Crippen molar-refractivity contribution in [1.29, 1.82) is 0 Å². The summed E-state index contributed by atoms with van der Waals surface area (Å²) in [6, 6.07) is 2.67. The Hall–Kier alpha value is -2.76. The Morgan fingerprint density at radius 2 is 1.79 bits per heavy atom. The fourth-order valence-corrected chi connectivity index (χ4v) is 6.24. The Labute approximate surface area is 222 Å². The van der Waals surface area contributed by atoms with Crippen molar-refractivity contribution in [2.45, 2.75) is 69.4 Å². The van der Waals surface area contributed by atoms with E-state index in [9.17, 15) is 14.4 Å². The van der Waals surface area contributed by atoms with Crippen molar-refractivity contribution < 1.29 is 28.6 Å². The summed E-state index contributed by atoms with van der Waals surface area (Å²) in [6.45, 7) is 5.16. The van der Waals surface area contributed by atoms with Crippen LogP contribution in [0.4, 0.5) is 10.1 Å². The number of aliphatic carboxylic acids is 1. The average molecular weight is 532 g/mol. The fraction of sp³-hybridized carbons (Fsp3) is 0.667. The molecule has 0 radical (unpaired) electrons. The van der Waals surface area contributed by atoms with Crippen LogP contribution in [-0.4, -0.2) is 108 Å². The summed E-state index contributed by atoms with van der Waals surface area (Å²) in [7, 11) is 2.16. The Kier molecular flexibility index (Phi) is 7.88. The van der Waals surface area contributed by atoms with Crippen molar-refractivity contribution in [2.75, 3.05) is 51.2 Å². The molecule has 0 spiro atoms. The van der Waals surface area contributed by atoms with E-state index in [2.05, 4.69) is 16.8 Å². The van der Waals surface area contributed by atoms with Gasteiger partial charge in [-0.2, -0.15) is 0 Å². The van der Waals surface area contributed by atoms with Gasteiger partial charge < -0.3 is 30.3 Å². The Balaban J connectivity index is 1.15. The van der Waals surface area contributed by atoms with Gasteiger partial charge in [0.05, 0.1) is 24.4 Å². The zero-order valence-electron chi connectivity index (χ0n) is 22.0. The molecule has 38 heavy (non-hydrogen) atoms. The van der Waals surface area contributed by atoms with Crippen LogP contribution in [0.5, 0.6) is 0 Å². The van der Waals surface area contributed by atoms with E-state index in [1.165, 1.54) is 4.90 Å². The molecule has 0 bridgehead atoms. The highest BCUT2D eigenvalue weighted by Crippen LogP contribution is 2.35. The molecule has 1 aliphatic carbocycles. The van der Waals surface area contributed by atoms with Gasteiger partial charge in [-0.05, 0) is 51.3 Å². The van der Waals surface area contributed by atoms with E-state index in [4.69, 9.17) is 15.6 Å². The molecule has 208 valence electrons. The third kappa shape index (κ3) is 5.50. The van der Waals surface area contributed by atoms with Crippen LogP contribution in [0.25, 0.3) is 0 Å². The lowest BCUT2D eigenvalue weighted by molar-refractivity contribution is -0.137. The van der Waals surface area contributed by atoms with Crippen LogP contribution in [0.2, 0.25) is 0 Å². The number of carboxylic acids is 1. The minimum Gasteiger partial charge on any atom is -0.481 e. The third-order valence-electron chi connectivity index (χ3n) is 8.67. The molecule has 3 fully saturated rings. The number of ether oxygens (including phenoxy) is 1. The lowest BCUT2D eigenvalue weighted by atomic mass is 9.87. The van der Waals surface area contributed by atoms with Crippen molar-refractivity contribution in [3.8, 4) is 0 Å². The first-order valence-corrected chi connectivity index (χ1v) is 13.7. The van der Waals surface area contributed by atoms with Crippen LogP contribution in [0, 0.1) is 5.82 Å². The van der Waals surface area contributed by atoms with E-state index in [1.54, 1.807) is 12.1 Å². The standard InChI is InChI=1S/C27H38FN5O5/c1-30-8-6-18(7-9-30)38-19-14-17(15-19)31-10-12-32(13-11-31)22-3-2-20-21(25(22)28)16-33(27(20)37)23(26(29)36)4-5-24(34)35/h2-3,17-19,23H,4-16H2,1H3,(H2,29,36)(H,34,35)/t17-,19-,23?. The molecule has 11 heteroatoms. The van der Waals surface area contributed by atoms with Gasteiger partial charge in [0.2, 0.25) is 5.91 Å². The van der Waals surface area contributed by atoms with Gasteiger partial charge in [-0.15, -0.1) is 0 Å². The number of piperazine rings is 1. The minimum atomic E-state index is -1.09. The number of fused-ring (bicyclic) bond motifs is 1. The fourth-order valence-electron chi connectivity index (χ4n) is 6.24. The number of carbonyl (C=O) groups excluding carboxylic acids is 2. The molecule has 1 atom stereocenters. The summed E-state index contributed by atoms with van der Waals surface area (Å²) >= 11 is 0. The van der Waals surface area contributed by atoms with Gasteiger partial charge in [0.25, 0.3) is 5.91 Å². The predicted molar refractivity (Wildman–Crippen MR) is 138 cm³/mol. The van der Waals surface area contributed by atoms with Crippen LogP contribution >= 0.6 is 0 Å². The lowest BCUT2D eigenvalue weighted by Gasteiger charge is -2.47. The number of primary amides is 1. The largest absolute Gasteiger partial charge is 0.481 e. The predicted octanol–water partition coefficient (Wildman–Crippen LogP) is 1.26. The van der Waals surface area contributed by atoms with Crippen molar-refractivity contribution in [3.05, 3.63) is 29.1 Å². The molecule has 1 unspecified atom stereocenters. The van der Waals surface area contributed by atoms with E-state index in [0.717, 1.165) is 51.9 Å². The van der Waals surface area contributed by atoms with Gasteiger partial charge in [-0.25, -0.2) is 4.39 Å². The highest BCUT2D eigenvalue weighted by atomic mass is 19.1. The lowest BCUT2D eigenvalue weighted by Crippen LogP contribution is -2.56. The normalized spacial score (nSPS) is 25.8. The Morgan fingerprint density at radius 3 is 2.42 bits per heavy atom. The highest BCUT2D eigenvalue weighted by molar-refractivity contribution is 6.01. The summed E-state index contributed by atoms with van der Waals surface area (Å²) in [4.78, 5) is 43.9. The van der Waals surface area contributed by atoms with Crippen molar-refractivity contribution in [3.63, 3.8) is 0 Å². The van der Waals surface area contributed by atoms with E-state index >= 15 is 4.39 Å². The molecule has 3 N–H and O–H groups in total. The number of hydrogen-bond donors (Lipinski definition) is 2. The van der Waals surface area contributed by atoms with Crippen LogP contribution in [0.15, 0.2) is 12.1 Å². The molecule has 0 aromatic heterocycles. The minimum absolute atomic E-state index is 0.0955. The van der Waals surface area contributed by atoms with Gasteiger partial charge >= 0.3 is 5.97 Å². The molecule has 1 aromatic carbocycles. The van der Waals surface area contributed by atoms with Gasteiger partial charge in [0, 0.05) is 62.9 Å². The number of nitrogens with zero attached hydrogens (tertiary/aromatic N) is 4. The van der Waals surface area contributed by atoms with Gasteiger partial charge in [0.1, 0.15) is 6.04 Å².